The topological polar surface area (TPSA) is 43.8 Å². The van der Waals surface area contributed by atoms with E-state index in [1.807, 2.05) is 18.2 Å². The molecule has 0 saturated carbocycles. The lowest BCUT2D eigenvalue weighted by Crippen LogP contribution is -2.00. The van der Waals surface area contributed by atoms with E-state index in [-0.39, 0.29) is 0 Å². The number of nitrogens with zero attached hydrogens (tertiary/aromatic N) is 2. The van der Waals surface area contributed by atoms with E-state index in [0.717, 1.165) is 51.8 Å². The fourth-order valence-corrected chi connectivity index (χ4v) is 4.61. The first-order valence-electron chi connectivity index (χ1n) is 7.25. The average Bonchev–Trinajstić information content (AvgIpc) is 3.09. The lowest BCUT2D eigenvalue weighted by molar-refractivity contribution is 0.795. The van der Waals surface area contributed by atoms with Crippen LogP contribution in [0.25, 0.3) is 22.4 Å². The molecule has 0 atom stereocenters. The van der Waals surface area contributed by atoms with Crippen molar-refractivity contribution >= 4 is 39.0 Å². The summed E-state index contributed by atoms with van der Waals surface area (Å²) in [5.41, 5.74) is 10.9. The third-order valence-electron chi connectivity index (χ3n) is 4.20. The van der Waals surface area contributed by atoms with Crippen LogP contribution in [0.3, 0.4) is 0 Å². The molecule has 1 aromatic carbocycles. The molecule has 0 radical (unpaired) electrons. The summed E-state index contributed by atoms with van der Waals surface area (Å²) in [6.45, 7) is 3.01. The van der Waals surface area contributed by atoms with Crippen LogP contribution >= 0.6 is 22.9 Å². The van der Waals surface area contributed by atoms with Crippen LogP contribution < -0.4 is 5.73 Å². The predicted molar refractivity (Wildman–Crippen MR) is 90.2 cm³/mol. The minimum Gasteiger partial charge on any atom is -0.390 e. The Balaban J connectivity index is 2.02. The highest BCUT2D eigenvalue weighted by Crippen LogP contribution is 2.43. The maximum atomic E-state index is 6.30. The highest BCUT2D eigenvalue weighted by atomic mass is 35.5. The molecular weight excluding hydrogens is 302 g/mol. The number of nitrogen functional groups attached to an aromatic ring is 1. The lowest BCUT2D eigenvalue weighted by atomic mass is 10.1. The Morgan fingerprint density at radius 2 is 2.24 bits per heavy atom. The first-order valence-corrected chi connectivity index (χ1v) is 8.44. The van der Waals surface area contributed by atoms with E-state index in [4.69, 9.17) is 22.3 Å². The highest BCUT2D eigenvalue weighted by molar-refractivity contribution is 7.16. The quantitative estimate of drug-likeness (QED) is 0.755. The van der Waals surface area contributed by atoms with Gasteiger partial charge in [0.2, 0.25) is 0 Å². The van der Waals surface area contributed by atoms with Crippen LogP contribution in [0.5, 0.6) is 0 Å². The van der Waals surface area contributed by atoms with Crippen molar-refractivity contribution in [3.63, 3.8) is 0 Å². The minimum atomic E-state index is 0.721. The second-order valence-corrected chi connectivity index (χ2v) is 6.98. The van der Waals surface area contributed by atoms with Crippen LogP contribution in [0, 0.1) is 0 Å². The van der Waals surface area contributed by atoms with Gasteiger partial charge in [0.05, 0.1) is 21.6 Å². The molecule has 1 aliphatic rings. The van der Waals surface area contributed by atoms with Crippen LogP contribution in [0.4, 0.5) is 5.00 Å². The molecule has 2 N–H and O–H groups in total. The first kappa shape index (κ1) is 13.2. The fraction of sp³-hybridized carbons (Fsp3) is 0.312. The Morgan fingerprint density at radius 1 is 1.38 bits per heavy atom. The smallest absolute Gasteiger partial charge is 0.144 e. The molecule has 0 unspecified atom stereocenters. The number of thiophene rings is 1. The van der Waals surface area contributed by atoms with Gasteiger partial charge >= 0.3 is 0 Å². The maximum Gasteiger partial charge on any atom is 0.144 e. The monoisotopic (exact) mass is 317 g/mol. The van der Waals surface area contributed by atoms with E-state index in [9.17, 15) is 0 Å². The number of benzene rings is 1. The minimum absolute atomic E-state index is 0.721. The van der Waals surface area contributed by atoms with Crippen molar-refractivity contribution in [2.75, 3.05) is 5.73 Å². The number of rotatable bonds is 2. The average molecular weight is 318 g/mol. The van der Waals surface area contributed by atoms with E-state index < -0.39 is 0 Å². The second-order valence-electron chi connectivity index (χ2n) is 5.41. The van der Waals surface area contributed by atoms with Crippen molar-refractivity contribution in [1.82, 2.24) is 9.55 Å². The molecule has 0 bridgehead atoms. The number of anilines is 1. The van der Waals surface area contributed by atoms with Gasteiger partial charge in [0, 0.05) is 16.4 Å². The summed E-state index contributed by atoms with van der Waals surface area (Å²) in [4.78, 5) is 6.27. The SMILES string of the molecule is CCn1c(-c2c(N)sc3c2CCC3)nc2cc(Cl)ccc21. The number of aryl methyl sites for hydroxylation is 2. The Hall–Kier alpha value is -1.52. The molecule has 108 valence electrons. The zero-order valence-electron chi connectivity index (χ0n) is 11.8. The predicted octanol–water partition coefficient (Wildman–Crippen LogP) is 4.51. The summed E-state index contributed by atoms with van der Waals surface area (Å²) >= 11 is 7.83. The van der Waals surface area contributed by atoms with E-state index in [1.54, 1.807) is 11.3 Å². The van der Waals surface area contributed by atoms with Crippen molar-refractivity contribution in [3.05, 3.63) is 33.7 Å². The molecule has 1 aliphatic carbocycles. The molecule has 3 aromatic rings. The van der Waals surface area contributed by atoms with Gasteiger partial charge in [0.1, 0.15) is 5.82 Å². The molecule has 4 rings (SSSR count). The van der Waals surface area contributed by atoms with Crippen molar-refractivity contribution in [2.45, 2.75) is 32.7 Å². The van der Waals surface area contributed by atoms with Crippen LogP contribution in [-0.4, -0.2) is 9.55 Å². The van der Waals surface area contributed by atoms with Crippen LogP contribution in [-0.2, 0) is 19.4 Å². The van der Waals surface area contributed by atoms with Gasteiger partial charge in [-0.15, -0.1) is 11.3 Å². The van der Waals surface area contributed by atoms with Gasteiger partial charge in [-0.1, -0.05) is 11.6 Å². The number of halogens is 1. The van der Waals surface area contributed by atoms with Gasteiger partial charge in [-0.25, -0.2) is 4.98 Å². The van der Waals surface area contributed by atoms with E-state index in [1.165, 1.54) is 16.9 Å². The summed E-state index contributed by atoms with van der Waals surface area (Å²) < 4.78 is 2.24. The Morgan fingerprint density at radius 3 is 3.05 bits per heavy atom. The van der Waals surface area contributed by atoms with Crippen LogP contribution in [0.2, 0.25) is 5.02 Å². The van der Waals surface area contributed by atoms with Crippen LogP contribution in [0.1, 0.15) is 23.8 Å². The Kier molecular flexibility index (Phi) is 2.98. The largest absolute Gasteiger partial charge is 0.390 e. The molecule has 2 heterocycles. The summed E-state index contributed by atoms with van der Waals surface area (Å²) in [6, 6.07) is 5.89. The van der Waals surface area contributed by atoms with Crippen molar-refractivity contribution in [1.29, 1.82) is 0 Å². The van der Waals surface area contributed by atoms with Gasteiger partial charge < -0.3 is 10.3 Å². The molecular formula is C16H16ClN3S. The Bertz CT molecular complexity index is 847. The molecule has 21 heavy (non-hydrogen) atoms. The summed E-state index contributed by atoms with van der Waals surface area (Å²) in [5, 5.41) is 1.62. The number of fused-ring (bicyclic) bond motifs is 2. The highest BCUT2D eigenvalue weighted by Gasteiger charge is 2.25. The third-order valence-corrected chi connectivity index (χ3v) is 5.55. The molecule has 0 saturated heterocycles. The van der Waals surface area contributed by atoms with E-state index >= 15 is 0 Å². The summed E-state index contributed by atoms with van der Waals surface area (Å²) in [7, 11) is 0. The van der Waals surface area contributed by atoms with Gasteiger partial charge in [-0.05, 0) is 49.9 Å². The molecule has 5 heteroatoms. The zero-order chi connectivity index (χ0) is 14.6. The zero-order valence-corrected chi connectivity index (χ0v) is 13.4. The Labute approximate surface area is 132 Å². The number of nitrogens with two attached hydrogens (primary N) is 1. The normalized spacial score (nSPS) is 14.0. The van der Waals surface area contributed by atoms with Crippen molar-refractivity contribution in [3.8, 4) is 11.4 Å². The number of aromatic nitrogens is 2. The molecule has 3 nitrogen and oxygen atoms in total. The van der Waals surface area contributed by atoms with Crippen LogP contribution in [0.15, 0.2) is 18.2 Å². The third kappa shape index (κ3) is 1.89. The maximum absolute atomic E-state index is 6.30. The number of hydrogen-bond donors (Lipinski definition) is 1. The van der Waals surface area contributed by atoms with E-state index in [0.29, 0.717) is 0 Å². The molecule has 0 aliphatic heterocycles. The van der Waals surface area contributed by atoms with Gasteiger partial charge in [0.25, 0.3) is 0 Å². The van der Waals surface area contributed by atoms with Gasteiger partial charge in [0.15, 0.2) is 0 Å². The molecule has 0 fully saturated rings. The van der Waals surface area contributed by atoms with Crippen molar-refractivity contribution < 1.29 is 0 Å². The standard InChI is InChI=1S/C16H16ClN3S/c1-2-20-12-7-6-9(17)8-11(12)19-16(20)14-10-4-3-5-13(10)21-15(14)18/h6-8H,2-5,18H2,1H3. The summed E-state index contributed by atoms with van der Waals surface area (Å²) in [6.07, 6.45) is 3.50. The van der Waals surface area contributed by atoms with E-state index in [2.05, 4.69) is 11.5 Å². The first-order chi connectivity index (χ1) is 10.2. The van der Waals surface area contributed by atoms with Gasteiger partial charge in [-0.3, -0.25) is 0 Å². The molecule has 0 spiro atoms. The fourth-order valence-electron chi connectivity index (χ4n) is 3.28. The molecule has 2 aromatic heterocycles. The second kappa shape index (κ2) is 4.75. The number of hydrogen-bond acceptors (Lipinski definition) is 3. The van der Waals surface area contributed by atoms with Gasteiger partial charge in [-0.2, -0.15) is 0 Å². The lowest BCUT2D eigenvalue weighted by Gasteiger charge is -2.07. The van der Waals surface area contributed by atoms with Crippen molar-refractivity contribution in [2.24, 2.45) is 0 Å². The number of imidazole rings is 1. The molecule has 0 amide bonds. The summed E-state index contributed by atoms with van der Waals surface area (Å²) in [5.74, 6) is 0.992.